The van der Waals surface area contributed by atoms with Gasteiger partial charge in [-0.15, -0.1) is 0 Å². The molecule has 0 aromatic heterocycles. The van der Waals surface area contributed by atoms with E-state index in [4.69, 9.17) is 10.8 Å². The van der Waals surface area contributed by atoms with Gasteiger partial charge in [0, 0.05) is 13.0 Å². The number of carboxylic acids is 1. The van der Waals surface area contributed by atoms with Crippen molar-refractivity contribution in [2.45, 2.75) is 18.9 Å². The van der Waals surface area contributed by atoms with E-state index in [0.717, 1.165) is 0 Å². The monoisotopic (exact) mass is 218 g/mol. The smallest absolute Gasteiger partial charge is 0.320 e. The third kappa shape index (κ3) is 7.44. The van der Waals surface area contributed by atoms with Crippen molar-refractivity contribution in [2.75, 3.05) is 13.2 Å². The van der Waals surface area contributed by atoms with E-state index in [1.54, 1.807) is 0 Å². The fourth-order valence-corrected chi connectivity index (χ4v) is 0.940. The summed E-state index contributed by atoms with van der Waals surface area (Å²) in [6.07, 6.45) is 0.115. The maximum absolute atomic E-state index is 10.7. The Balaban J connectivity index is 3.78. The highest BCUT2D eigenvalue weighted by atomic mass is 16.5. The van der Waals surface area contributed by atoms with Gasteiger partial charge in [-0.3, -0.25) is 14.4 Å². The van der Waals surface area contributed by atoms with Gasteiger partial charge in [0.25, 0.3) is 6.47 Å². The number of nitrogens with two attached hydrogens (primary N) is 1. The first-order chi connectivity index (χ1) is 7.07. The van der Waals surface area contributed by atoms with Crippen molar-refractivity contribution in [3.05, 3.63) is 0 Å². The Labute approximate surface area is 86.6 Å². The summed E-state index contributed by atoms with van der Waals surface area (Å²) in [6.45, 7) is 0.583. The zero-order chi connectivity index (χ0) is 11.7. The van der Waals surface area contributed by atoms with Crippen molar-refractivity contribution in [3.8, 4) is 0 Å². The average Bonchev–Trinajstić information content (AvgIpc) is 2.15. The molecule has 1 amide bonds. The van der Waals surface area contributed by atoms with Gasteiger partial charge in [-0.1, -0.05) is 0 Å². The van der Waals surface area contributed by atoms with Crippen LogP contribution in [0.1, 0.15) is 12.8 Å². The maximum Gasteiger partial charge on any atom is 0.320 e. The highest BCUT2D eigenvalue weighted by molar-refractivity contribution is 5.77. The number of hydrogen-bond donors (Lipinski definition) is 3. The summed E-state index contributed by atoms with van der Waals surface area (Å²) in [6, 6.07) is -0.854. The molecule has 0 spiro atoms. The molecule has 0 aromatic rings. The van der Waals surface area contributed by atoms with Crippen LogP contribution >= 0.6 is 0 Å². The van der Waals surface area contributed by atoms with Crippen LogP contribution in [0, 0.1) is 0 Å². The van der Waals surface area contributed by atoms with E-state index >= 15 is 0 Å². The minimum atomic E-state index is -1.07. The molecule has 0 aliphatic rings. The van der Waals surface area contributed by atoms with Gasteiger partial charge in [0.05, 0.1) is 0 Å². The van der Waals surface area contributed by atoms with Crippen molar-refractivity contribution >= 4 is 18.3 Å². The van der Waals surface area contributed by atoms with Gasteiger partial charge in [-0.25, -0.2) is 0 Å². The Bertz CT molecular complexity index is 231. The molecule has 4 N–H and O–H groups in total. The summed E-state index contributed by atoms with van der Waals surface area (Å²) < 4.78 is 4.36. The Hall–Kier alpha value is -1.63. The van der Waals surface area contributed by atoms with E-state index in [0.29, 0.717) is 0 Å². The van der Waals surface area contributed by atoms with Crippen LogP contribution < -0.4 is 11.1 Å². The Kier molecular flexibility index (Phi) is 6.90. The Morgan fingerprint density at radius 2 is 2.20 bits per heavy atom. The molecule has 86 valence electrons. The van der Waals surface area contributed by atoms with Crippen LogP contribution in [0.5, 0.6) is 0 Å². The van der Waals surface area contributed by atoms with Crippen LogP contribution in [0.4, 0.5) is 0 Å². The van der Waals surface area contributed by atoms with Gasteiger partial charge in [-0.2, -0.15) is 0 Å². The Morgan fingerprint density at radius 3 is 2.67 bits per heavy atom. The summed E-state index contributed by atoms with van der Waals surface area (Å²) in [5.74, 6) is -1.62. The van der Waals surface area contributed by atoms with Crippen molar-refractivity contribution in [1.82, 2.24) is 5.32 Å². The summed E-state index contributed by atoms with van der Waals surface area (Å²) in [5.41, 5.74) is 4.89. The number of amides is 1. The standard InChI is InChI=1S/C8H14N2O5/c9-7(12)2-1-6(8(13)14)10-3-4-15-5-11/h5-6,10H,1-4H2,(H2,9,12)(H,13,14)/t6-/m0/s1. The highest BCUT2D eigenvalue weighted by Crippen LogP contribution is 1.96. The molecule has 0 heterocycles. The van der Waals surface area contributed by atoms with Crippen LogP contribution in [0.3, 0.4) is 0 Å². The summed E-state index contributed by atoms with van der Waals surface area (Å²) in [4.78, 5) is 30.9. The number of nitrogens with one attached hydrogen (secondary N) is 1. The number of carbonyl (C=O) groups excluding carboxylic acids is 2. The van der Waals surface area contributed by atoms with Gasteiger partial charge in [0.1, 0.15) is 12.6 Å². The lowest BCUT2D eigenvalue weighted by Crippen LogP contribution is -2.39. The Morgan fingerprint density at radius 1 is 1.53 bits per heavy atom. The maximum atomic E-state index is 10.7. The number of primary amides is 1. The van der Waals surface area contributed by atoms with Gasteiger partial charge < -0.3 is 20.9 Å². The van der Waals surface area contributed by atoms with Crippen LogP contribution in [0.25, 0.3) is 0 Å². The third-order valence-electron chi connectivity index (χ3n) is 1.66. The van der Waals surface area contributed by atoms with Crippen LogP contribution in [-0.2, 0) is 19.1 Å². The zero-order valence-electron chi connectivity index (χ0n) is 8.14. The molecule has 0 aromatic carbocycles. The molecule has 0 fully saturated rings. The first kappa shape index (κ1) is 13.4. The van der Waals surface area contributed by atoms with Gasteiger partial charge in [0.15, 0.2) is 0 Å². The molecular formula is C8H14N2O5. The summed E-state index contributed by atoms with van der Waals surface area (Å²) >= 11 is 0. The number of ether oxygens (including phenoxy) is 1. The molecule has 0 aliphatic carbocycles. The predicted octanol–water partition coefficient (Wildman–Crippen LogP) is -1.53. The molecule has 0 unspecified atom stereocenters. The van der Waals surface area contributed by atoms with E-state index in [2.05, 4.69) is 10.1 Å². The number of aliphatic carboxylic acids is 1. The fraction of sp³-hybridized carbons (Fsp3) is 0.625. The first-order valence-electron chi connectivity index (χ1n) is 4.37. The van der Waals surface area contributed by atoms with Crippen molar-refractivity contribution in [2.24, 2.45) is 5.73 Å². The van der Waals surface area contributed by atoms with E-state index in [9.17, 15) is 14.4 Å². The molecule has 0 bridgehead atoms. The summed E-state index contributed by atoms with van der Waals surface area (Å²) in [5, 5.41) is 11.3. The zero-order valence-corrected chi connectivity index (χ0v) is 8.14. The fourth-order valence-electron chi connectivity index (χ4n) is 0.940. The first-order valence-corrected chi connectivity index (χ1v) is 4.37. The highest BCUT2D eigenvalue weighted by Gasteiger charge is 2.16. The predicted molar refractivity (Wildman–Crippen MR) is 49.9 cm³/mol. The quantitative estimate of drug-likeness (QED) is 0.319. The average molecular weight is 218 g/mol. The van der Waals surface area contributed by atoms with Crippen molar-refractivity contribution in [1.29, 1.82) is 0 Å². The largest absolute Gasteiger partial charge is 0.480 e. The third-order valence-corrected chi connectivity index (χ3v) is 1.66. The number of hydrogen-bond acceptors (Lipinski definition) is 5. The molecule has 0 radical (unpaired) electrons. The normalized spacial score (nSPS) is 11.7. The molecule has 0 rings (SSSR count). The minimum Gasteiger partial charge on any atom is -0.480 e. The molecule has 15 heavy (non-hydrogen) atoms. The number of rotatable bonds is 9. The van der Waals surface area contributed by atoms with Gasteiger partial charge in [-0.05, 0) is 6.42 Å². The van der Waals surface area contributed by atoms with E-state index in [1.807, 2.05) is 0 Å². The topological polar surface area (TPSA) is 119 Å². The van der Waals surface area contributed by atoms with Crippen LogP contribution in [0.15, 0.2) is 0 Å². The van der Waals surface area contributed by atoms with Crippen molar-refractivity contribution in [3.63, 3.8) is 0 Å². The van der Waals surface area contributed by atoms with Gasteiger partial charge in [0.2, 0.25) is 5.91 Å². The molecule has 1 atom stereocenters. The van der Waals surface area contributed by atoms with Crippen LogP contribution in [-0.4, -0.2) is 42.6 Å². The van der Waals surface area contributed by atoms with Crippen LogP contribution in [0.2, 0.25) is 0 Å². The molecule has 0 saturated heterocycles. The van der Waals surface area contributed by atoms with Crippen molar-refractivity contribution < 1.29 is 24.2 Å². The van der Waals surface area contributed by atoms with Gasteiger partial charge >= 0.3 is 5.97 Å². The lowest BCUT2D eigenvalue weighted by atomic mass is 10.1. The molecule has 0 saturated carbocycles. The summed E-state index contributed by atoms with van der Waals surface area (Å²) in [7, 11) is 0. The molecule has 7 nitrogen and oxygen atoms in total. The number of carbonyl (C=O) groups is 3. The van der Waals surface area contributed by atoms with E-state index in [-0.39, 0.29) is 32.5 Å². The lowest BCUT2D eigenvalue weighted by Gasteiger charge is -2.12. The molecular weight excluding hydrogens is 204 g/mol. The SMILES string of the molecule is NC(=O)CC[C@H](NCCOC=O)C(=O)O. The number of carboxylic acid groups (broad SMARTS) is 1. The molecule has 7 heteroatoms. The second kappa shape index (κ2) is 7.74. The van der Waals surface area contributed by atoms with E-state index in [1.165, 1.54) is 0 Å². The second-order valence-corrected chi connectivity index (χ2v) is 2.82. The van der Waals surface area contributed by atoms with E-state index < -0.39 is 17.9 Å². The minimum absolute atomic E-state index is 0.00148. The lowest BCUT2D eigenvalue weighted by molar-refractivity contribution is -0.139. The second-order valence-electron chi connectivity index (χ2n) is 2.82. The molecule has 0 aliphatic heterocycles.